The van der Waals surface area contributed by atoms with Crippen molar-refractivity contribution in [3.05, 3.63) is 0 Å². The van der Waals surface area contributed by atoms with Gasteiger partial charge >= 0.3 is 0 Å². The molecule has 0 spiro atoms. The third-order valence-electron chi connectivity index (χ3n) is 3.02. The van der Waals surface area contributed by atoms with E-state index in [0.29, 0.717) is 11.8 Å². The molecule has 82 valence electrons. The number of nitrogens with two attached hydrogens (primary N) is 1. The zero-order chi connectivity index (χ0) is 10.4. The van der Waals surface area contributed by atoms with E-state index in [1.54, 1.807) is 0 Å². The van der Waals surface area contributed by atoms with Crippen molar-refractivity contribution < 1.29 is 0 Å². The molecule has 0 radical (unpaired) electrons. The highest BCUT2D eigenvalue weighted by atomic mass is 15.1. The number of nitrogens with zero attached hydrogens (tertiary/aromatic N) is 1. The molecule has 1 saturated heterocycles. The first kappa shape index (κ1) is 11.5. The molecule has 3 nitrogen and oxygen atoms in total. The van der Waals surface area contributed by atoms with Crippen molar-refractivity contribution in [2.75, 3.05) is 19.6 Å². The molecule has 3 heteroatoms. The molecule has 1 atom stereocenters. The lowest BCUT2D eigenvalue weighted by atomic mass is 9.97. The van der Waals surface area contributed by atoms with E-state index in [9.17, 15) is 0 Å². The molecule has 1 rings (SSSR count). The number of amidine groups is 1. The van der Waals surface area contributed by atoms with Gasteiger partial charge in [0.2, 0.25) is 0 Å². The average Bonchev–Trinajstić information content (AvgIpc) is 2.19. The van der Waals surface area contributed by atoms with Crippen LogP contribution in [0.4, 0.5) is 0 Å². The van der Waals surface area contributed by atoms with E-state index >= 15 is 0 Å². The minimum atomic E-state index is 0.324. The van der Waals surface area contributed by atoms with E-state index in [1.807, 2.05) is 0 Å². The average molecular weight is 197 g/mol. The van der Waals surface area contributed by atoms with Crippen molar-refractivity contribution in [1.82, 2.24) is 4.90 Å². The fourth-order valence-electron chi connectivity index (χ4n) is 2.10. The van der Waals surface area contributed by atoms with Gasteiger partial charge in [-0.3, -0.25) is 5.41 Å². The van der Waals surface area contributed by atoms with Crippen molar-refractivity contribution in [3.8, 4) is 0 Å². The van der Waals surface area contributed by atoms with Gasteiger partial charge in [0, 0.05) is 12.5 Å². The normalized spacial score (nSPS) is 23.6. The Morgan fingerprint density at radius 2 is 2.29 bits per heavy atom. The molecule has 0 amide bonds. The Hall–Kier alpha value is -0.570. The Morgan fingerprint density at radius 3 is 2.93 bits per heavy atom. The maximum Gasteiger partial charge on any atom is 0.0949 e. The molecule has 1 heterocycles. The largest absolute Gasteiger partial charge is 0.387 e. The van der Waals surface area contributed by atoms with E-state index in [2.05, 4.69) is 11.8 Å². The quantitative estimate of drug-likeness (QED) is 0.401. The van der Waals surface area contributed by atoms with Crippen LogP contribution in [0.3, 0.4) is 0 Å². The first-order valence-corrected chi connectivity index (χ1v) is 5.80. The highest BCUT2D eigenvalue weighted by Crippen LogP contribution is 2.16. The maximum atomic E-state index is 7.44. The van der Waals surface area contributed by atoms with Crippen LogP contribution in [-0.2, 0) is 0 Å². The third-order valence-corrected chi connectivity index (χ3v) is 3.02. The summed E-state index contributed by atoms with van der Waals surface area (Å²) in [4.78, 5) is 2.46. The summed E-state index contributed by atoms with van der Waals surface area (Å²) in [5, 5.41) is 7.44. The molecule has 3 N–H and O–H groups in total. The zero-order valence-corrected chi connectivity index (χ0v) is 9.26. The first-order valence-electron chi connectivity index (χ1n) is 5.80. The maximum absolute atomic E-state index is 7.44. The van der Waals surface area contributed by atoms with Crippen LogP contribution in [0.2, 0.25) is 0 Å². The lowest BCUT2D eigenvalue weighted by Gasteiger charge is -2.31. The molecule has 1 aliphatic heterocycles. The summed E-state index contributed by atoms with van der Waals surface area (Å²) in [6.07, 6.45) is 6.21. The van der Waals surface area contributed by atoms with E-state index in [0.717, 1.165) is 13.0 Å². The lowest BCUT2D eigenvalue weighted by molar-refractivity contribution is 0.200. The van der Waals surface area contributed by atoms with Crippen LogP contribution >= 0.6 is 0 Å². The van der Waals surface area contributed by atoms with Crippen LogP contribution in [-0.4, -0.2) is 30.4 Å². The van der Waals surface area contributed by atoms with Crippen LogP contribution in [0.5, 0.6) is 0 Å². The smallest absolute Gasteiger partial charge is 0.0949 e. The minimum Gasteiger partial charge on any atom is -0.387 e. The molecule has 1 fully saturated rings. The molecule has 0 aromatic rings. The summed E-state index contributed by atoms with van der Waals surface area (Å²) in [5.41, 5.74) is 5.54. The molecular weight excluding hydrogens is 174 g/mol. The van der Waals surface area contributed by atoms with Gasteiger partial charge in [0.1, 0.15) is 0 Å². The van der Waals surface area contributed by atoms with E-state index in [-0.39, 0.29) is 0 Å². The van der Waals surface area contributed by atoms with Crippen molar-refractivity contribution in [3.63, 3.8) is 0 Å². The fourth-order valence-corrected chi connectivity index (χ4v) is 2.10. The SMILES string of the molecule is CCCCCN1CCCC(C(=N)N)C1. The molecule has 0 bridgehead atoms. The monoisotopic (exact) mass is 197 g/mol. The Bertz CT molecular complexity index is 179. The molecule has 14 heavy (non-hydrogen) atoms. The van der Waals surface area contributed by atoms with Gasteiger partial charge in [-0.05, 0) is 32.4 Å². The van der Waals surface area contributed by atoms with Crippen molar-refractivity contribution in [2.45, 2.75) is 39.0 Å². The topological polar surface area (TPSA) is 53.1 Å². The Kier molecular flexibility index (Phi) is 4.94. The standard InChI is InChI=1S/C11H23N3/c1-2-3-4-7-14-8-5-6-10(9-14)11(12)13/h10H,2-9H2,1H3,(H3,12,13). The van der Waals surface area contributed by atoms with Gasteiger partial charge in [-0.2, -0.15) is 0 Å². The number of piperidine rings is 1. The number of unbranched alkanes of at least 4 members (excludes halogenated alkanes) is 2. The minimum absolute atomic E-state index is 0.324. The van der Waals surface area contributed by atoms with Crippen molar-refractivity contribution in [2.24, 2.45) is 11.7 Å². The predicted octanol–water partition coefficient (Wildman–Crippen LogP) is 1.82. The summed E-state index contributed by atoms with van der Waals surface area (Å²) >= 11 is 0. The number of likely N-dealkylation sites (tertiary alicyclic amines) is 1. The first-order chi connectivity index (χ1) is 6.74. The van der Waals surface area contributed by atoms with E-state index in [1.165, 1.54) is 38.8 Å². The molecule has 0 aliphatic carbocycles. The number of hydrogen-bond donors (Lipinski definition) is 2. The summed E-state index contributed by atoms with van der Waals surface area (Å²) in [5.74, 6) is 0.704. The highest BCUT2D eigenvalue weighted by molar-refractivity contribution is 5.79. The fraction of sp³-hybridized carbons (Fsp3) is 0.909. The molecule has 0 saturated carbocycles. The highest BCUT2D eigenvalue weighted by Gasteiger charge is 2.21. The van der Waals surface area contributed by atoms with Gasteiger partial charge in [-0.1, -0.05) is 19.8 Å². The molecule has 1 aliphatic rings. The molecule has 0 aromatic heterocycles. The second kappa shape index (κ2) is 6.02. The number of rotatable bonds is 5. The Labute approximate surface area is 87.2 Å². The van der Waals surface area contributed by atoms with Gasteiger partial charge in [0.25, 0.3) is 0 Å². The van der Waals surface area contributed by atoms with E-state index < -0.39 is 0 Å². The summed E-state index contributed by atoms with van der Waals surface area (Å²) < 4.78 is 0. The molecule has 0 aromatic carbocycles. The van der Waals surface area contributed by atoms with Gasteiger partial charge in [0.15, 0.2) is 0 Å². The van der Waals surface area contributed by atoms with Crippen LogP contribution in [0.15, 0.2) is 0 Å². The molecular formula is C11H23N3. The zero-order valence-electron chi connectivity index (χ0n) is 9.26. The van der Waals surface area contributed by atoms with Gasteiger partial charge in [-0.25, -0.2) is 0 Å². The van der Waals surface area contributed by atoms with Gasteiger partial charge in [-0.15, -0.1) is 0 Å². The second-order valence-corrected chi connectivity index (χ2v) is 4.30. The Morgan fingerprint density at radius 1 is 1.50 bits per heavy atom. The summed E-state index contributed by atoms with van der Waals surface area (Å²) in [6.45, 7) is 5.64. The summed E-state index contributed by atoms with van der Waals surface area (Å²) in [7, 11) is 0. The van der Waals surface area contributed by atoms with E-state index in [4.69, 9.17) is 11.1 Å². The van der Waals surface area contributed by atoms with Crippen LogP contribution < -0.4 is 5.73 Å². The third kappa shape index (κ3) is 3.66. The Balaban J connectivity index is 2.22. The van der Waals surface area contributed by atoms with Crippen molar-refractivity contribution >= 4 is 5.84 Å². The number of hydrogen-bond acceptors (Lipinski definition) is 2. The predicted molar refractivity (Wildman–Crippen MR) is 60.6 cm³/mol. The van der Waals surface area contributed by atoms with Crippen molar-refractivity contribution in [1.29, 1.82) is 5.41 Å². The van der Waals surface area contributed by atoms with Crippen LogP contribution in [0.25, 0.3) is 0 Å². The number of nitrogens with one attached hydrogen (secondary N) is 1. The van der Waals surface area contributed by atoms with Gasteiger partial charge in [0.05, 0.1) is 5.84 Å². The second-order valence-electron chi connectivity index (χ2n) is 4.30. The summed E-state index contributed by atoms with van der Waals surface area (Å²) in [6, 6.07) is 0. The molecule has 1 unspecified atom stereocenters. The lowest BCUT2D eigenvalue weighted by Crippen LogP contribution is -2.41. The van der Waals surface area contributed by atoms with Gasteiger partial charge < -0.3 is 10.6 Å². The van der Waals surface area contributed by atoms with Crippen LogP contribution in [0.1, 0.15) is 39.0 Å². The van der Waals surface area contributed by atoms with Crippen LogP contribution in [0, 0.1) is 11.3 Å².